The molecule has 0 aliphatic carbocycles. The van der Waals surface area contributed by atoms with Gasteiger partial charge in [0.15, 0.2) is 0 Å². The van der Waals surface area contributed by atoms with E-state index in [1.807, 2.05) is 12.4 Å². The summed E-state index contributed by atoms with van der Waals surface area (Å²) in [6.07, 6.45) is 6.20. The molecule has 0 saturated carbocycles. The Labute approximate surface area is 116 Å². The molecule has 1 aromatic rings. The van der Waals surface area contributed by atoms with Gasteiger partial charge in [0.2, 0.25) is 0 Å². The van der Waals surface area contributed by atoms with Crippen LogP contribution < -0.4 is 10.2 Å². The highest BCUT2D eigenvalue weighted by Gasteiger charge is 2.19. The molecule has 1 saturated heterocycles. The number of rotatable bonds is 5. The molecule has 1 atom stereocenters. The minimum absolute atomic E-state index is 0.596. The molecule has 1 aliphatic rings. The van der Waals surface area contributed by atoms with E-state index >= 15 is 0 Å². The zero-order valence-corrected chi connectivity index (χ0v) is 12.3. The van der Waals surface area contributed by atoms with E-state index in [0.717, 1.165) is 19.6 Å². The van der Waals surface area contributed by atoms with Crippen molar-refractivity contribution in [1.29, 1.82) is 0 Å². The van der Waals surface area contributed by atoms with Crippen molar-refractivity contribution in [1.82, 2.24) is 15.2 Å². The van der Waals surface area contributed by atoms with Crippen molar-refractivity contribution in [3.63, 3.8) is 0 Å². The van der Waals surface area contributed by atoms with Gasteiger partial charge in [-0.2, -0.15) is 0 Å². The quantitative estimate of drug-likeness (QED) is 0.873. The lowest BCUT2D eigenvalue weighted by molar-refractivity contribution is 0.284. The van der Waals surface area contributed by atoms with Gasteiger partial charge < -0.3 is 15.1 Å². The van der Waals surface area contributed by atoms with Crippen molar-refractivity contribution < 1.29 is 0 Å². The van der Waals surface area contributed by atoms with E-state index in [1.54, 1.807) is 0 Å². The number of nitrogens with one attached hydrogen (secondary N) is 1. The molecule has 4 heteroatoms. The van der Waals surface area contributed by atoms with E-state index in [0.29, 0.717) is 12.1 Å². The molecule has 0 amide bonds. The minimum atomic E-state index is 0.596. The number of likely N-dealkylation sites (N-methyl/N-ethyl adjacent to an activating group) is 1. The summed E-state index contributed by atoms with van der Waals surface area (Å²) in [5, 5.41) is 3.69. The largest absolute Gasteiger partial charge is 0.371 e. The van der Waals surface area contributed by atoms with Crippen LogP contribution in [0, 0.1) is 0 Å². The molecule has 1 fully saturated rings. The first kappa shape index (κ1) is 14.3. The van der Waals surface area contributed by atoms with Gasteiger partial charge in [-0.3, -0.25) is 4.98 Å². The predicted octanol–water partition coefficient (Wildman–Crippen LogP) is 1.59. The normalized spacial score (nSPS) is 18.8. The smallest absolute Gasteiger partial charge is 0.0397 e. The van der Waals surface area contributed by atoms with Crippen LogP contribution in [0.5, 0.6) is 0 Å². The molecule has 1 N–H and O–H groups in total. The van der Waals surface area contributed by atoms with E-state index in [4.69, 9.17) is 0 Å². The van der Waals surface area contributed by atoms with Gasteiger partial charge in [0.25, 0.3) is 0 Å². The van der Waals surface area contributed by atoms with Crippen LogP contribution in [-0.4, -0.2) is 55.7 Å². The van der Waals surface area contributed by atoms with Crippen LogP contribution in [0.2, 0.25) is 0 Å². The second kappa shape index (κ2) is 6.87. The Morgan fingerprint density at radius 1 is 1.32 bits per heavy atom. The lowest BCUT2D eigenvalue weighted by Gasteiger charge is -2.35. The average Bonchev–Trinajstić information content (AvgIpc) is 2.46. The highest BCUT2D eigenvalue weighted by molar-refractivity contribution is 5.44. The minimum Gasteiger partial charge on any atom is -0.371 e. The van der Waals surface area contributed by atoms with Crippen molar-refractivity contribution in [2.75, 3.05) is 38.6 Å². The number of piperidine rings is 1. The third-order valence-corrected chi connectivity index (χ3v) is 4.11. The molecular formula is C15H26N4. The van der Waals surface area contributed by atoms with E-state index in [1.165, 1.54) is 18.5 Å². The molecule has 0 spiro atoms. The van der Waals surface area contributed by atoms with Crippen molar-refractivity contribution in [3.05, 3.63) is 24.5 Å². The Morgan fingerprint density at radius 3 is 2.53 bits per heavy atom. The Balaban J connectivity index is 1.74. The fourth-order valence-electron chi connectivity index (χ4n) is 2.42. The van der Waals surface area contributed by atoms with Gasteiger partial charge in [0, 0.05) is 49.8 Å². The van der Waals surface area contributed by atoms with Crippen LogP contribution in [0.1, 0.15) is 19.8 Å². The van der Waals surface area contributed by atoms with Crippen molar-refractivity contribution >= 4 is 5.69 Å². The summed E-state index contributed by atoms with van der Waals surface area (Å²) in [4.78, 5) is 8.79. The van der Waals surface area contributed by atoms with Crippen LogP contribution in [0.4, 0.5) is 5.69 Å². The summed E-state index contributed by atoms with van der Waals surface area (Å²) < 4.78 is 0. The number of aromatic nitrogens is 1. The highest BCUT2D eigenvalue weighted by Crippen LogP contribution is 2.18. The van der Waals surface area contributed by atoms with Gasteiger partial charge in [-0.1, -0.05) is 0 Å². The monoisotopic (exact) mass is 262 g/mol. The Morgan fingerprint density at radius 2 is 1.95 bits per heavy atom. The van der Waals surface area contributed by atoms with Crippen molar-refractivity contribution in [2.24, 2.45) is 0 Å². The second-order valence-electron chi connectivity index (χ2n) is 5.69. The molecule has 19 heavy (non-hydrogen) atoms. The predicted molar refractivity (Wildman–Crippen MR) is 80.6 cm³/mol. The molecule has 1 aliphatic heterocycles. The summed E-state index contributed by atoms with van der Waals surface area (Å²) >= 11 is 0. The van der Waals surface area contributed by atoms with E-state index in [-0.39, 0.29) is 0 Å². The molecule has 106 valence electrons. The third-order valence-electron chi connectivity index (χ3n) is 4.11. The first-order chi connectivity index (χ1) is 9.16. The van der Waals surface area contributed by atoms with Crippen LogP contribution >= 0.6 is 0 Å². The van der Waals surface area contributed by atoms with Gasteiger partial charge in [0.1, 0.15) is 0 Å². The topological polar surface area (TPSA) is 31.4 Å². The van der Waals surface area contributed by atoms with Crippen LogP contribution in [0.15, 0.2) is 24.5 Å². The standard InChI is InChI=1S/C15H26N4/c1-13(18(2)3)12-17-14-6-10-19(11-7-14)15-4-8-16-9-5-15/h4-5,8-9,13-14,17H,6-7,10-12H2,1-3H3. The highest BCUT2D eigenvalue weighted by atomic mass is 15.2. The molecule has 0 radical (unpaired) electrons. The van der Waals surface area contributed by atoms with Gasteiger partial charge >= 0.3 is 0 Å². The van der Waals surface area contributed by atoms with Gasteiger partial charge in [-0.25, -0.2) is 0 Å². The Kier molecular flexibility index (Phi) is 5.16. The van der Waals surface area contributed by atoms with Crippen molar-refractivity contribution in [2.45, 2.75) is 31.8 Å². The second-order valence-corrected chi connectivity index (χ2v) is 5.69. The molecular weight excluding hydrogens is 236 g/mol. The van der Waals surface area contributed by atoms with Crippen LogP contribution in [0.25, 0.3) is 0 Å². The third kappa shape index (κ3) is 4.18. The zero-order valence-electron chi connectivity index (χ0n) is 12.3. The molecule has 4 nitrogen and oxygen atoms in total. The number of anilines is 1. The zero-order chi connectivity index (χ0) is 13.7. The van der Waals surface area contributed by atoms with E-state index in [2.05, 4.69) is 53.3 Å². The fraction of sp³-hybridized carbons (Fsp3) is 0.667. The van der Waals surface area contributed by atoms with Crippen LogP contribution in [0.3, 0.4) is 0 Å². The van der Waals surface area contributed by atoms with Gasteiger partial charge in [0.05, 0.1) is 0 Å². The lowest BCUT2D eigenvalue weighted by atomic mass is 10.0. The summed E-state index contributed by atoms with van der Waals surface area (Å²) in [5.41, 5.74) is 1.30. The molecule has 1 unspecified atom stereocenters. The number of pyridine rings is 1. The molecule has 2 rings (SSSR count). The Hall–Kier alpha value is -1.13. The Bertz CT molecular complexity index is 358. The summed E-state index contributed by atoms with van der Waals surface area (Å²) in [7, 11) is 4.27. The number of hydrogen-bond donors (Lipinski definition) is 1. The molecule has 1 aromatic heterocycles. The maximum absolute atomic E-state index is 4.08. The first-order valence-corrected chi connectivity index (χ1v) is 7.21. The maximum Gasteiger partial charge on any atom is 0.0397 e. The molecule has 0 bridgehead atoms. The first-order valence-electron chi connectivity index (χ1n) is 7.21. The number of nitrogens with zero attached hydrogens (tertiary/aromatic N) is 3. The van der Waals surface area contributed by atoms with E-state index < -0.39 is 0 Å². The lowest BCUT2D eigenvalue weighted by Crippen LogP contribution is -2.46. The van der Waals surface area contributed by atoms with Gasteiger partial charge in [-0.05, 0) is 46.0 Å². The van der Waals surface area contributed by atoms with E-state index in [9.17, 15) is 0 Å². The number of hydrogen-bond acceptors (Lipinski definition) is 4. The summed E-state index contributed by atoms with van der Waals surface area (Å²) in [5.74, 6) is 0. The van der Waals surface area contributed by atoms with Crippen molar-refractivity contribution in [3.8, 4) is 0 Å². The summed E-state index contributed by atoms with van der Waals surface area (Å²) in [6, 6.07) is 5.46. The van der Waals surface area contributed by atoms with Crippen LogP contribution in [-0.2, 0) is 0 Å². The summed E-state index contributed by atoms with van der Waals surface area (Å²) in [6.45, 7) is 5.61. The molecule has 0 aromatic carbocycles. The molecule has 2 heterocycles. The van der Waals surface area contributed by atoms with Gasteiger partial charge in [-0.15, -0.1) is 0 Å². The SMILES string of the molecule is CC(CNC1CCN(c2ccncc2)CC1)N(C)C. The fourth-order valence-corrected chi connectivity index (χ4v) is 2.42. The average molecular weight is 262 g/mol. The maximum atomic E-state index is 4.08.